The summed E-state index contributed by atoms with van der Waals surface area (Å²) in [6, 6.07) is 61.7. The summed E-state index contributed by atoms with van der Waals surface area (Å²) in [5, 5.41) is 0. The van der Waals surface area contributed by atoms with E-state index in [-0.39, 0.29) is 99.5 Å². The maximum atomic E-state index is 14.3. The van der Waals surface area contributed by atoms with E-state index < -0.39 is 47.8 Å². The Kier molecular flexibility index (Phi) is 33.0. The van der Waals surface area contributed by atoms with Crippen LogP contribution in [0.25, 0.3) is 44.5 Å². The molecular weight excluding hydrogens is 1560 g/mol. The van der Waals surface area contributed by atoms with Crippen molar-refractivity contribution >= 4 is 47.8 Å². The second-order valence-electron chi connectivity index (χ2n) is 30.2. The first kappa shape index (κ1) is 87.6. The molecule has 638 valence electrons. The summed E-state index contributed by atoms with van der Waals surface area (Å²) in [4.78, 5) is 109. The van der Waals surface area contributed by atoms with Crippen molar-refractivity contribution in [2.45, 2.75) is 127 Å². The van der Waals surface area contributed by atoms with Gasteiger partial charge in [-0.3, -0.25) is 0 Å². The van der Waals surface area contributed by atoms with Crippen molar-refractivity contribution < 1.29 is 114 Å². The highest BCUT2D eigenvalue weighted by Gasteiger charge is 2.31. The van der Waals surface area contributed by atoms with Crippen molar-refractivity contribution in [1.29, 1.82) is 0 Å². The Labute approximate surface area is 709 Å². The lowest BCUT2D eigenvalue weighted by molar-refractivity contribution is 0.0430. The second-order valence-corrected chi connectivity index (χ2v) is 30.2. The molecule has 0 spiro atoms. The Morgan fingerprint density at radius 1 is 0.205 bits per heavy atom. The number of benzene rings is 9. The quantitative estimate of drug-likeness (QED) is 0.0148. The lowest BCUT2D eigenvalue weighted by Gasteiger charge is -2.15. The number of carbonyl (C=O) groups is 8. The number of esters is 8. The molecule has 0 radical (unpaired) electrons. The minimum atomic E-state index is -0.963. The van der Waals surface area contributed by atoms with Crippen molar-refractivity contribution in [3.63, 3.8) is 0 Å². The summed E-state index contributed by atoms with van der Waals surface area (Å²) in [5.41, 5.74) is 7.82. The highest BCUT2D eigenvalue weighted by atomic mass is 16.6. The largest absolute Gasteiger partial charge is 0.491 e. The third-order valence-electron chi connectivity index (χ3n) is 20.6. The molecule has 4 saturated heterocycles. The molecule has 0 amide bonds. The molecule has 24 nitrogen and oxygen atoms in total. The predicted molar refractivity (Wildman–Crippen MR) is 451 cm³/mol. The van der Waals surface area contributed by atoms with Crippen LogP contribution >= 0.6 is 0 Å². The first-order valence-electron chi connectivity index (χ1n) is 42.1. The molecule has 4 unspecified atom stereocenters. The summed E-state index contributed by atoms with van der Waals surface area (Å²) in [6.45, 7) is 5.19. The molecule has 4 fully saturated rings. The van der Waals surface area contributed by atoms with Crippen molar-refractivity contribution in [1.82, 2.24) is 0 Å². The molecule has 9 aromatic rings. The smallest absolute Gasteiger partial charge is 0.339 e. The van der Waals surface area contributed by atoms with Crippen LogP contribution in [0.3, 0.4) is 0 Å². The van der Waals surface area contributed by atoms with Gasteiger partial charge in [0.2, 0.25) is 0 Å². The highest BCUT2D eigenvalue weighted by Crippen LogP contribution is 2.31. The van der Waals surface area contributed by atoms with Crippen molar-refractivity contribution in [2.75, 3.05) is 106 Å². The molecule has 122 heavy (non-hydrogen) atoms. The molecule has 4 aliphatic heterocycles. The van der Waals surface area contributed by atoms with Gasteiger partial charge in [-0.1, -0.05) is 97.1 Å². The van der Waals surface area contributed by atoms with Crippen LogP contribution in [-0.4, -0.2) is 178 Å². The normalized spacial score (nSPS) is 15.1. The Balaban J connectivity index is 0.596. The van der Waals surface area contributed by atoms with Gasteiger partial charge in [0.15, 0.2) is 0 Å². The monoisotopic (exact) mass is 1660 g/mol. The van der Waals surface area contributed by atoms with Crippen LogP contribution in [0.4, 0.5) is 0 Å². The fourth-order valence-electron chi connectivity index (χ4n) is 13.1. The minimum absolute atomic E-state index is 0.0878. The maximum absolute atomic E-state index is 14.3. The molecule has 24 heteroatoms. The Hall–Kier alpha value is -12.2. The van der Waals surface area contributed by atoms with Gasteiger partial charge in [0.1, 0.15) is 73.8 Å². The van der Waals surface area contributed by atoms with Crippen LogP contribution in [-0.2, 0) is 56.8 Å². The minimum Gasteiger partial charge on any atom is -0.491 e. The van der Waals surface area contributed by atoms with E-state index >= 15 is 0 Å². The lowest BCUT2D eigenvalue weighted by atomic mass is 9.97. The maximum Gasteiger partial charge on any atom is 0.339 e. The van der Waals surface area contributed by atoms with E-state index in [2.05, 4.69) is 0 Å². The zero-order valence-electron chi connectivity index (χ0n) is 68.4. The Morgan fingerprint density at radius 3 is 0.508 bits per heavy atom. The number of hydrogen-bond acceptors (Lipinski definition) is 24. The molecule has 13 rings (SSSR count). The van der Waals surface area contributed by atoms with E-state index in [1.165, 1.54) is 0 Å². The number of ether oxygens (including phenoxy) is 16. The molecule has 4 heterocycles. The molecule has 0 aliphatic carbocycles. The van der Waals surface area contributed by atoms with E-state index in [0.29, 0.717) is 178 Å². The first-order chi connectivity index (χ1) is 59.8. The van der Waals surface area contributed by atoms with Crippen molar-refractivity contribution in [3.05, 3.63) is 251 Å². The zero-order chi connectivity index (χ0) is 84.5. The summed E-state index contributed by atoms with van der Waals surface area (Å²) >= 11 is 0. The standard InChI is InChI=1S/C98H102O24/c99-91(75-25-17-67(18-26-75)71-33-41-79(42-34-71)115-59-83-63-119-83)107-49-9-1-5-13-53-111-95(103)87-57-89(97(105)113-55-15-7-3-11-51-109-93(101)77-29-21-69(22-30-77)73-37-45-81(46-38-73)117-61-85-65-121-85)90(98(106)114-56-16-8-4-12-52-110-94(102)78-31-23-70(24-32-78)74-39-47-82(48-40-74)118-62-86-66-122-86)58-88(87)96(104)112-54-14-6-2-10-50-108-92(100)76-27-19-68(20-28-76)72-35-43-80(44-36-72)116-60-84-64-120-84/h17-48,57-58,83-86H,1-16,49-56,59-66H2. The molecule has 0 N–H and O–H groups in total. The Morgan fingerprint density at radius 2 is 0.352 bits per heavy atom. The van der Waals surface area contributed by atoms with Gasteiger partial charge >= 0.3 is 47.8 Å². The van der Waals surface area contributed by atoms with Crippen molar-refractivity contribution in [3.8, 4) is 67.5 Å². The van der Waals surface area contributed by atoms with Gasteiger partial charge < -0.3 is 75.8 Å². The van der Waals surface area contributed by atoms with Gasteiger partial charge in [-0.25, -0.2) is 38.4 Å². The van der Waals surface area contributed by atoms with Gasteiger partial charge in [-0.15, -0.1) is 0 Å². The van der Waals surface area contributed by atoms with Crippen LogP contribution in [0.5, 0.6) is 23.0 Å². The van der Waals surface area contributed by atoms with Gasteiger partial charge in [-0.2, -0.15) is 0 Å². The molecule has 4 atom stereocenters. The summed E-state index contributed by atoms with van der Waals surface area (Å²) in [7, 11) is 0. The van der Waals surface area contributed by atoms with Gasteiger partial charge in [0.05, 0.1) is 124 Å². The van der Waals surface area contributed by atoms with Crippen LogP contribution in [0.1, 0.15) is 186 Å². The van der Waals surface area contributed by atoms with Crippen LogP contribution < -0.4 is 18.9 Å². The lowest BCUT2D eigenvalue weighted by Crippen LogP contribution is -2.21. The van der Waals surface area contributed by atoms with Crippen LogP contribution in [0, 0.1) is 0 Å². The molecular formula is C98H102O24. The van der Waals surface area contributed by atoms with E-state index in [4.69, 9.17) is 75.8 Å². The number of rotatable bonds is 52. The van der Waals surface area contributed by atoms with E-state index in [1.54, 1.807) is 48.5 Å². The number of hydrogen-bond donors (Lipinski definition) is 0. The molecule has 0 aromatic heterocycles. The topological polar surface area (TPSA) is 297 Å². The molecule has 0 bridgehead atoms. The highest BCUT2D eigenvalue weighted by molar-refractivity contribution is 6.10. The second kappa shape index (κ2) is 46.0. The van der Waals surface area contributed by atoms with Gasteiger partial charge in [-0.05, 0) is 256 Å². The van der Waals surface area contributed by atoms with Crippen LogP contribution in [0.2, 0.25) is 0 Å². The predicted octanol–water partition coefficient (Wildman–Crippen LogP) is 17.8. The number of epoxide rings is 4. The summed E-state index contributed by atoms with van der Waals surface area (Å²) < 4.78 is 89.4. The fourth-order valence-corrected chi connectivity index (χ4v) is 13.1. The average Bonchev–Trinajstić information content (AvgIpc) is 1.67. The van der Waals surface area contributed by atoms with Crippen LogP contribution in [0.15, 0.2) is 206 Å². The third kappa shape index (κ3) is 28.5. The zero-order valence-corrected chi connectivity index (χ0v) is 68.4. The van der Waals surface area contributed by atoms with E-state index in [9.17, 15) is 38.4 Å². The summed E-state index contributed by atoms with van der Waals surface area (Å²) in [6.07, 6.45) is 9.12. The van der Waals surface area contributed by atoms with E-state index in [1.807, 2.05) is 146 Å². The summed E-state index contributed by atoms with van der Waals surface area (Å²) in [5.74, 6) is -2.69. The number of carbonyl (C=O) groups excluding carboxylic acids is 8. The average molecular weight is 1660 g/mol. The van der Waals surface area contributed by atoms with Gasteiger partial charge in [0.25, 0.3) is 0 Å². The Bertz CT molecular complexity index is 4260. The third-order valence-corrected chi connectivity index (χ3v) is 20.6. The first-order valence-corrected chi connectivity index (χ1v) is 42.1. The fraction of sp³-hybridized carbons (Fsp3) is 0.367. The number of unbranched alkanes of at least 4 members (excludes halogenated alkanes) is 12. The van der Waals surface area contributed by atoms with Crippen molar-refractivity contribution in [2.24, 2.45) is 0 Å². The molecule has 0 saturated carbocycles. The van der Waals surface area contributed by atoms with E-state index in [0.717, 1.165) is 79.6 Å². The molecule has 9 aromatic carbocycles. The SMILES string of the molecule is O=C(OCCCCCCOC(=O)c1cc(C(=O)OCCCCCCOC(=O)c2ccc(-c3ccc(OCC4CO4)cc3)cc2)c(C(=O)OCCCCCCOC(=O)c2ccc(-c3ccc(OCC4CO4)cc3)cc2)cc1C(=O)OCCCCCCOC(=O)c1ccc(-c2ccc(OCC3CO3)cc2)cc1)c1ccc(-c2ccc(OCC3CO3)cc2)cc1. The molecule has 4 aliphatic rings. The van der Waals surface area contributed by atoms with Gasteiger partial charge in [0, 0.05) is 0 Å².